The van der Waals surface area contributed by atoms with E-state index in [9.17, 15) is 14.4 Å². The number of ether oxygens (including phenoxy) is 1. The van der Waals surface area contributed by atoms with Crippen molar-refractivity contribution in [1.82, 2.24) is 4.90 Å². The minimum absolute atomic E-state index is 0.248. The van der Waals surface area contributed by atoms with Gasteiger partial charge in [0.05, 0.1) is 24.5 Å². The van der Waals surface area contributed by atoms with Gasteiger partial charge in [-0.3, -0.25) is 24.2 Å². The smallest absolute Gasteiger partial charge is 0.323 e. The maximum Gasteiger partial charge on any atom is 0.323 e. The Labute approximate surface area is 139 Å². The largest absolute Gasteiger partial charge is 0.480 e. The number of hydrogen-bond acceptors (Lipinski definition) is 6. The summed E-state index contributed by atoms with van der Waals surface area (Å²) in [6, 6.07) is 4.97. The number of carbonyl (C=O) groups is 3. The van der Waals surface area contributed by atoms with Gasteiger partial charge < -0.3 is 15.2 Å². The van der Waals surface area contributed by atoms with Gasteiger partial charge in [0.1, 0.15) is 6.54 Å². The van der Waals surface area contributed by atoms with E-state index in [4.69, 9.17) is 9.84 Å². The molecule has 1 aromatic carbocycles. The monoisotopic (exact) mass is 333 g/mol. The number of anilines is 2. The lowest BCUT2D eigenvalue weighted by atomic mass is 10.1. The average molecular weight is 333 g/mol. The Morgan fingerprint density at radius 3 is 2.71 bits per heavy atom. The molecule has 1 amide bonds. The van der Waals surface area contributed by atoms with Gasteiger partial charge in [-0.05, 0) is 18.2 Å². The molecule has 3 rings (SSSR count). The van der Waals surface area contributed by atoms with E-state index < -0.39 is 24.2 Å². The van der Waals surface area contributed by atoms with E-state index in [0.29, 0.717) is 12.2 Å². The van der Waals surface area contributed by atoms with Crippen molar-refractivity contribution in [1.29, 1.82) is 0 Å². The van der Waals surface area contributed by atoms with Crippen LogP contribution in [0.25, 0.3) is 0 Å². The number of amides is 1. The number of fused-ring (bicyclic) bond motifs is 1. The molecule has 128 valence electrons. The lowest BCUT2D eigenvalue weighted by molar-refractivity contribution is -0.136. The summed E-state index contributed by atoms with van der Waals surface area (Å²) in [5, 5.41) is 12.1. The number of carbonyl (C=O) groups excluding carboxylic acids is 2. The Morgan fingerprint density at radius 1 is 1.25 bits per heavy atom. The topological polar surface area (TPSA) is 99.2 Å². The van der Waals surface area contributed by atoms with Crippen molar-refractivity contribution in [2.24, 2.45) is 0 Å². The molecule has 0 aliphatic carbocycles. The fourth-order valence-electron chi connectivity index (χ4n) is 2.89. The van der Waals surface area contributed by atoms with E-state index in [1.54, 1.807) is 18.2 Å². The van der Waals surface area contributed by atoms with Crippen LogP contribution in [0.3, 0.4) is 0 Å². The van der Waals surface area contributed by atoms with Crippen molar-refractivity contribution >= 4 is 29.0 Å². The molecule has 0 spiro atoms. The second-order valence-electron chi connectivity index (χ2n) is 5.73. The predicted octanol–water partition coefficient (Wildman–Crippen LogP) is 0.0446. The molecule has 2 heterocycles. The summed E-state index contributed by atoms with van der Waals surface area (Å²) in [4.78, 5) is 38.1. The minimum Gasteiger partial charge on any atom is -0.480 e. The number of Topliss-reactive ketones (excluding diaryl/α,β-unsaturated/α-hetero) is 1. The van der Waals surface area contributed by atoms with Crippen LogP contribution < -0.4 is 10.2 Å². The molecule has 0 radical (unpaired) electrons. The van der Waals surface area contributed by atoms with E-state index in [0.717, 1.165) is 43.4 Å². The van der Waals surface area contributed by atoms with Crippen LogP contribution in [0.2, 0.25) is 0 Å². The van der Waals surface area contributed by atoms with Crippen LogP contribution in [0, 0.1) is 0 Å². The van der Waals surface area contributed by atoms with Crippen molar-refractivity contribution in [2.45, 2.75) is 0 Å². The summed E-state index contributed by atoms with van der Waals surface area (Å²) in [6.45, 7) is 4.36. The third kappa shape index (κ3) is 3.39. The van der Waals surface area contributed by atoms with Crippen molar-refractivity contribution in [3.05, 3.63) is 23.8 Å². The maximum atomic E-state index is 12.0. The maximum absolute atomic E-state index is 12.0. The van der Waals surface area contributed by atoms with Gasteiger partial charge in [0, 0.05) is 31.9 Å². The Balaban J connectivity index is 1.64. The van der Waals surface area contributed by atoms with Crippen molar-refractivity contribution < 1.29 is 24.2 Å². The summed E-state index contributed by atoms with van der Waals surface area (Å²) >= 11 is 0. The lowest BCUT2D eigenvalue weighted by Gasteiger charge is -2.26. The Bertz CT molecular complexity index is 670. The van der Waals surface area contributed by atoms with Crippen LogP contribution in [-0.2, 0) is 14.3 Å². The number of ketones is 1. The van der Waals surface area contributed by atoms with Crippen LogP contribution in [0.4, 0.5) is 11.4 Å². The second-order valence-corrected chi connectivity index (χ2v) is 5.73. The zero-order valence-corrected chi connectivity index (χ0v) is 13.2. The number of carboxylic acids is 1. The molecule has 0 unspecified atom stereocenters. The van der Waals surface area contributed by atoms with Gasteiger partial charge in [0.2, 0.25) is 0 Å². The highest BCUT2D eigenvalue weighted by atomic mass is 16.5. The normalized spacial score (nSPS) is 17.9. The predicted molar refractivity (Wildman–Crippen MR) is 86.5 cm³/mol. The molecule has 1 saturated heterocycles. The van der Waals surface area contributed by atoms with Crippen LogP contribution >= 0.6 is 0 Å². The number of nitrogens with one attached hydrogen (secondary N) is 1. The van der Waals surface area contributed by atoms with E-state index in [2.05, 4.69) is 10.2 Å². The Kier molecular flexibility index (Phi) is 4.77. The first-order chi connectivity index (χ1) is 11.6. The fraction of sp³-hybridized carbons (Fsp3) is 0.438. The van der Waals surface area contributed by atoms with E-state index in [1.807, 2.05) is 0 Å². The number of hydrogen-bond donors (Lipinski definition) is 2. The fourth-order valence-corrected chi connectivity index (χ4v) is 2.89. The highest BCUT2D eigenvalue weighted by molar-refractivity contribution is 6.52. The molecule has 8 heteroatoms. The molecule has 24 heavy (non-hydrogen) atoms. The third-order valence-corrected chi connectivity index (χ3v) is 4.13. The summed E-state index contributed by atoms with van der Waals surface area (Å²) in [5.74, 6) is -2.61. The molecule has 0 aromatic heterocycles. The number of carboxylic acid groups (broad SMARTS) is 1. The second kappa shape index (κ2) is 6.98. The van der Waals surface area contributed by atoms with Gasteiger partial charge in [-0.15, -0.1) is 0 Å². The van der Waals surface area contributed by atoms with Crippen LogP contribution in [0.15, 0.2) is 18.2 Å². The molecule has 0 bridgehead atoms. The van der Waals surface area contributed by atoms with E-state index >= 15 is 0 Å². The molecule has 1 aromatic rings. The van der Waals surface area contributed by atoms with Gasteiger partial charge in [-0.2, -0.15) is 0 Å². The molecule has 2 aliphatic heterocycles. The molecule has 2 aliphatic rings. The first-order valence-corrected chi connectivity index (χ1v) is 7.82. The van der Waals surface area contributed by atoms with Crippen molar-refractivity contribution in [3.63, 3.8) is 0 Å². The minimum atomic E-state index is -1.16. The summed E-state index contributed by atoms with van der Waals surface area (Å²) in [7, 11) is 0. The molecule has 0 saturated carbocycles. The molecule has 0 atom stereocenters. The first-order valence-electron chi connectivity index (χ1n) is 7.82. The molecular weight excluding hydrogens is 314 g/mol. The third-order valence-electron chi connectivity index (χ3n) is 4.13. The lowest BCUT2D eigenvalue weighted by Crippen LogP contribution is -2.39. The summed E-state index contributed by atoms with van der Waals surface area (Å²) in [6.07, 6.45) is 0. The van der Waals surface area contributed by atoms with E-state index in [1.165, 1.54) is 0 Å². The average Bonchev–Trinajstić information content (AvgIpc) is 2.80. The highest BCUT2D eigenvalue weighted by Gasteiger charge is 2.36. The van der Waals surface area contributed by atoms with Crippen molar-refractivity contribution in [2.75, 3.05) is 56.2 Å². The van der Waals surface area contributed by atoms with E-state index in [-0.39, 0.29) is 5.56 Å². The Hall–Kier alpha value is -2.45. The Morgan fingerprint density at radius 2 is 2.00 bits per heavy atom. The quantitative estimate of drug-likeness (QED) is 0.709. The van der Waals surface area contributed by atoms with Gasteiger partial charge in [-0.1, -0.05) is 0 Å². The van der Waals surface area contributed by atoms with Crippen LogP contribution in [0.5, 0.6) is 0 Å². The number of nitrogens with zero attached hydrogens (tertiary/aromatic N) is 2. The SMILES string of the molecule is O=C(O)CN1C(=O)C(=O)c2cc(NCCN3CCOCC3)ccc21. The molecular formula is C16H19N3O5. The van der Waals surface area contributed by atoms with Crippen LogP contribution in [-0.4, -0.2) is 73.6 Å². The zero-order valence-electron chi connectivity index (χ0n) is 13.2. The first kappa shape index (κ1) is 16.4. The summed E-state index contributed by atoms with van der Waals surface area (Å²) < 4.78 is 5.30. The molecule has 8 nitrogen and oxygen atoms in total. The number of rotatable bonds is 6. The number of benzene rings is 1. The zero-order chi connectivity index (χ0) is 17.1. The van der Waals surface area contributed by atoms with Gasteiger partial charge in [0.25, 0.3) is 11.7 Å². The van der Waals surface area contributed by atoms with Gasteiger partial charge in [0.15, 0.2) is 0 Å². The van der Waals surface area contributed by atoms with Gasteiger partial charge in [-0.25, -0.2) is 0 Å². The number of aliphatic carboxylic acids is 1. The van der Waals surface area contributed by atoms with Gasteiger partial charge >= 0.3 is 5.97 Å². The molecule has 2 N–H and O–H groups in total. The molecule has 1 fully saturated rings. The standard InChI is InChI=1S/C16H19N3O5/c20-14(21)10-19-13-2-1-11(9-12(13)15(22)16(19)23)17-3-4-18-5-7-24-8-6-18/h1-2,9,17H,3-8,10H2,(H,20,21). The van der Waals surface area contributed by atoms with Crippen LogP contribution in [0.1, 0.15) is 10.4 Å². The highest BCUT2D eigenvalue weighted by Crippen LogP contribution is 2.31. The number of morpholine rings is 1. The summed E-state index contributed by atoms with van der Waals surface area (Å²) in [5.41, 5.74) is 1.34. The van der Waals surface area contributed by atoms with Crippen molar-refractivity contribution in [3.8, 4) is 0 Å².